The van der Waals surface area contributed by atoms with Crippen molar-refractivity contribution >= 4 is 17.9 Å². The first-order chi connectivity index (χ1) is 30.5. The van der Waals surface area contributed by atoms with Crippen molar-refractivity contribution in [3.63, 3.8) is 0 Å². The molecule has 0 saturated heterocycles. The highest BCUT2D eigenvalue weighted by Crippen LogP contribution is 2.17. The first kappa shape index (κ1) is 60.2. The van der Waals surface area contributed by atoms with Crippen molar-refractivity contribution in [3.8, 4) is 0 Å². The molecule has 0 amide bonds. The molecule has 1 unspecified atom stereocenters. The summed E-state index contributed by atoms with van der Waals surface area (Å²) < 4.78 is 16.8. The molecule has 0 aromatic rings. The number of rotatable bonds is 51. The molecule has 6 nitrogen and oxygen atoms in total. The molecule has 0 aliphatic carbocycles. The summed E-state index contributed by atoms with van der Waals surface area (Å²) in [4.78, 5) is 38.0. The lowest BCUT2D eigenvalue weighted by molar-refractivity contribution is -0.167. The standard InChI is InChI=1S/C56H106O6/c1-4-7-10-13-16-19-21-23-25-27-29-30-32-34-37-40-43-46-49-55(58)61-52-53(51-60-54(57)48-45-42-39-36-18-15-12-9-6-3)62-56(59)50-47-44-41-38-35-33-31-28-26-24-22-20-17-14-11-8-5-2/h24,26,53H,4-23,25,27-52H2,1-3H3/b26-24-. The van der Waals surface area contributed by atoms with Crippen LogP contribution in [0, 0.1) is 0 Å². The Hall–Kier alpha value is -1.85. The van der Waals surface area contributed by atoms with E-state index in [-0.39, 0.29) is 31.1 Å². The Balaban J connectivity index is 4.24. The van der Waals surface area contributed by atoms with Gasteiger partial charge in [-0.3, -0.25) is 14.4 Å². The zero-order chi connectivity index (χ0) is 45.1. The van der Waals surface area contributed by atoms with Crippen molar-refractivity contribution in [2.24, 2.45) is 0 Å². The van der Waals surface area contributed by atoms with Gasteiger partial charge in [0.25, 0.3) is 0 Å². The minimum absolute atomic E-state index is 0.0663. The summed E-state index contributed by atoms with van der Waals surface area (Å²) in [5.74, 6) is -0.853. The minimum atomic E-state index is -0.765. The molecule has 0 spiro atoms. The molecule has 0 heterocycles. The van der Waals surface area contributed by atoms with Gasteiger partial charge >= 0.3 is 17.9 Å². The van der Waals surface area contributed by atoms with Gasteiger partial charge in [-0.25, -0.2) is 0 Å². The quantitative estimate of drug-likeness (QED) is 0.0262. The molecule has 0 bridgehead atoms. The highest BCUT2D eigenvalue weighted by molar-refractivity contribution is 5.71. The topological polar surface area (TPSA) is 78.9 Å². The summed E-state index contributed by atoms with van der Waals surface area (Å²) in [5, 5.41) is 0. The van der Waals surface area contributed by atoms with Crippen LogP contribution in [0.2, 0.25) is 0 Å². The number of hydrogen-bond donors (Lipinski definition) is 0. The molecule has 0 aromatic carbocycles. The van der Waals surface area contributed by atoms with Crippen LogP contribution in [0.1, 0.15) is 310 Å². The van der Waals surface area contributed by atoms with Gasteiger partial charge in [0.2, 0.25) is 0 Å². The van der Waals surface area contributed by atoms with Gasteiger partial charge in [-0.05, 0) is 44.9 Å². The predicted molar refractivity (Wildman–Crippen MR) is 266 cm³/mol. The Bertz CT molecular complexity index is 962. The van der Waals surface area contributed by atoms with E-state index in [0.717, 1.165) is 57.8 Å². The fraction of sp³-hybridized carbons (Fsp3) is 0.911. The monoisotopic (exact) mass is 875 g/mol. The summed E-state index contributed by atoms with van der Waals surface area (Å²) in [6.07, 6.45) is 57.8. The largest absolute Gasteiger partial charge is 0.462 e. The van der Waals surface area contributed by atoms with Gasteiger partial charge in [0, 0.05) is 19.3 Å². The Morgan fingerprint density at radius 3 is 0.806 bits per heavy atom. The van der Waals surface area contributed by atoms with E-state index in [1.165, 1.54) is 212 Å². The third-order valence-corrected chi connectivity index (χ3v) is 12.5. The number of carbonyl (C=O) groups is 3. The fourth-order valence-electron chi connectivity index (χ4n) is 8.32. The highest BCUT2D eigenvalue weighted by atomic mass is 16.6. The molecular weight excluding hydrogens is 769 g/mol. The third kappa shape index (κ3) is 49.2. The van der Waals surface area contributed by atoms with Crippen LogP contribution in [0.15, 0.2) is 12.2 Å². The molecule has 62 heavy (non-hydrogen) atoms. The second-order valence-corrected chi connectivity index (χ2v) is 18.9. The molecule has 0 aromatic heterocycles. The van der Waals surface area contributed by atoms with Crippen molar-refractivity contribution in [2.45, 2.75) is 316 Å². The third-order valence-electron chi connectivity index (χ3n) is 12.5. The molecule has 0 fully saturated rings. The number of carbonyl (C=O) groups excluding carboxylic acids is 3. The lowest BCUT2D eigenvalue weighted by Gasteiger charge is -2.18. The maximum atomic E-state index is 12.8. The van der Waals surface area contributed by atoms with E-state index in [2.05, 4.69) is 32.9 Å². The molecular formula is C56H106O6. The summed E-state index contributed by atoms with van der Waals surface area (Å²) in [6.45, 7) is 6.66. The van der Waals surface area contributed by atoms with Crippen LogP contribution in [0.3, 0.4) is 0 Å². The second-order valence-electron chi connectivity index (χ2n) is 18.9. The molecule has 0 aliphatic rings. The SMILES string of the molecule is CCCCCCCC/C=C\CCCCCCCCCC(=O)OC(COC(=O)CCCCCCCCCCC)COC(=O)CCCCCCCCCCCCCCCCCCCC. The van der Waals surface area contributed by atoms with E-state index in [0.29, 0.717) is 19.3 Å². The summed E-state index contributed by atoms with van der Waals surface area (Å²) in [7, 11) is 0. The van der Waals surface area contributed by atoms with Gasteiger partial charge in [-0.1, -0.05) is 258 Å². The van der Waals surface area contributed by atoms with Gasteiger partial charge in [0.15, 0.2) is 6.10 Å². The van der Waals surface area contributed by atoms with Gasteiger partial charge in [-0.15, -0.1) is 0 Å². The van der Waals surface area contributed by atoms with Crippen molar-refractivity contribution < 1.29 is 28.6 Å². The van der Waals surface area contributed by atoms with Crippen molar-refractivity contribution in [2.75, 3.05) is 13.2 Å². The molecule has 1 atom stereocenters. The maximum absolute atomic E-state index is 12.8. The average molecular weight is 875 g/mol. The minimum Gasteiger partial charge on any atom is -0.462 e. The van der Waals surface area contributed by atoms with E-state index in [4.69, 9.17) is 14.2 Å². The Morgan fingerprint density at radius 2 is 0.532 bits per heavy atom. The lowest BCUT2D eigenvalue weighted by Crippen LogP contribution is -2.30. The lowest BCUT2D eigenvalue weighted by atomic mass is 10.0. The normalized spacial score (nSPS) is 12.0. The molecule has 0 radical (unpaired) electrons. The van der Waals surface area contributed by atoms with E-state index in [9.17, 15) is 14.4 Å². The zero-order valence-corrected chi connectivity index (χ0v) is 41.9. The van der Waals surface area contributed by atoms with E-state index in [1.54, 1.807) is 0 Å². The van der Waals surface area contributed by atoms with Crippen molar-refractivity contribution in [1.82, 2.24) is 0 Å². The number of unbranched alkanes of at least 4 members (excludes halogenated alkanes) is 38. The van der Waals surface area contributed by atoms with E-state index < -0.39 is 6.10 Å². The molecule has 366 valence electrons. The fourth-order valence-corrected chi connectivity index (χ4v) is 8.32. The number of ether oxygens (including phenoxy) is 3. The Labute approximate surface area is 386 Å². The van der Waals surface area contributed by atoms with Crippen LogP contribution in [0.4, 0.5) is 0 Å². The molecule has 0 rings (SSSR count). The second kappa shape index (κ2) is 51.8. The van der Waals surface area contributed by atoms with Crippen LogP contribution in [-0.4, -0.2) is 37.2 Å². The molecule has 0 N–H and O–H groups in total. The van der Waals surface area contributed by atoms with Crippen molar-refractivity contribution in [1.29, 1.82) is 0 Å². The molecule has 0 aliphatic heterocycles. The van der Waals surface area contributed by atoms with Crippen molar-refractivity contribution in [3.05, 3.63) is 12.2 Å². The summed E-state index contributed by atoms with van der Waals surface area (Å²) in [6, 6.07) is 0. The number of hydrogen-bond acceptors (Lipinski definition) is 6. The van der Waals surface area contributed by atoms with Gasteiger partial charge in [0.05, 0.1) is 0 Å². The van der Waals surface area contributed by atoms with Crippen LogP contribution in [-0.2, 0) is 28.6 Å². The van der Waals surface area contributed by atoms with Crippen LogP contribution < -0.4 is 0 Å². The molecule has 0 saturated carbocycles. The van der Waals surface area contributed by atoms with Gasteiger partial charge < -0.3 is 14.2 Å². The Kier molecular flexibility index (Phi) is 50.2. The van der Waals surface area contributed by atoms with Crippen LogP contribution in [0.5, 0.6) is 0 Å². The first-order valence-electron chi connectivity index (χ1n) is 27.7. The highest BCUT2D eigenvalue weighted by Gasteiger charge is 2.19. The zero-order valence-electron chi connectivity index (χ0n) is 41.9. The smallest absolute Gasteiger partial charge is 0.306 e. The summed E-state index contributed by atoms with van der Waals surface area (Å²) >= 11 is 0. The van der Waals surface area contributed by atoms with Crippen LogP contribution in [0.25, 0.3) is 0 Å². The average Bonchev–Trinajstić information content (AvgIpc) is 3.27. The maximum Gasteiger partial charge on any atom is 0.306 e. The van der Waals surface area contributed by atoms with Crippen LogP contribution >= 0.6 is 0 Å². The predicted octanol–water partition coefficient (Wildman–Crippen LogP) is 18.2. The Morgan fingerprint density at radius 1 is 0.306 bits per heavy atom. The first-order valence-corrected chi connectivity index (χ1v) is 27.7. The van der Waals surface area contributed by atoms with E-state index >= 15 is 0 Å². The van der Waals surface area contributed by atoms with Gasteiger partial charge in [0.1, 0.15) is 13.2 Å². The van der Waals surface area contributed by atoms with E-state index in [1.807, 2.05) is 0 Å². The summed E-state index contributed by atoms with van der Waals surface area (Å²) in [5.41, 5.74) is 0. The number of allylic oxidation sites excluding steroid dienone is 2. The van der Waals surface area contributed by atoms with Gasteiger partial charge in [-0.2, -0.15) is 0 Å². The molecule has 6 heteroatoms. The number of esters is 3.